The van der Waals surface area contributed by atoms with Gasteiger partial charge in [0.1, 0.15) is 21.8 Å². The van der Waals surface area contributed by atoms with E-state index in [-0.39, 0.29) is 24.5 Å². The quantitative estimate of drug-likeness (QED) is 0.473. The summed E-state index contributed by atoms with van der Waals surface area (Å²) in [6.07, 6.45) is 1.41. The Labute approximate surface area is 203 Å². The van der Waals surface area contributed by atoms with Crippen molar-refractivity contribution >= 4 is 21.4 Å². The Morgan fingerprint density at radius 3 is 2.76 bits per heavy atom. The van der Waals surface area contributed by atoms with Crippen molar-refractivity contribution in [1.29, 1.82) is 5.26 Å². The van der Waals surface area contributed by atoms with E-state index in [0.29, 0.717) is 22.7 Å². The molecule has 1 aliphatic rings. The lowest BCUT2D eigenvalue weighted by Gasteiger charge is -2.14. The third kappa shape index (κ3) is 5.28. The Balaban J connectivity index is 1.60. The minimum Gasteiger partial charge on any atom is -0.490 e. The number of methoxy groups -OCH3 is 1. The molecule has 10 heteroatoms. The van der Waals surface area contributed by atoms with Crippen LogP contribution in [-0.2, 0) is 21.2 Å². The van der Waals surface area contributed by atoms with E-state index >= 15 is 0 Å². The van der Waals surface area contributed by atoms with Crippen molar-refractivity contribution < 1.29 is 17.9 Å². The molecule has 4 rings (SSSR count). The van der Waals surface area contributed by atoms with E-state index in [2.05, 4.69) is 21.0 Å². The van der Waals surface area contributed by atoms with Crippen molar-refractivity contribution in [2.45, 2.75) is 38.8 Å². The minimum absolute atomic E-state index is 0.0282. The highest BCUT2D eigenvalue weighted by atomic mass is 32.2. The standard InChI is InChI=1S/C24H26N4O4S2/c1-15(2)32-22-10-7-16(13-17(22)14-25)23-26-27-24(33-23)20-6-4-5-19-18(20)8-9-21(19)28-34(29,30)12-11-31-3/h4-7,10,13,15,21,28H,8-9,11-12H2,1-3H3/t21-/m1/s1. The van der Waals surface area contributed by atoms with Crippen LogP contribution >= 0.6 is 11.3 Å². The number of aromatic nitrogens is 2. The van der Waals surface area contributed by atoms with Crippen LogP contribution in [0.5, 0.6) is 5.75 Å². The van der Waals surface area contributed by atoms with Crippen molar-refractivity contribution in [3.63, 3.8) is 0 Å². The third-order valence-corrected chi connectivity index (χ3v) is 7.87. The fraction of sp³-hybridized carbons (Fsp3) is 0.375. The van der Waals surface area contributed by atoms with E-state index in [1.807, 2.05) is 38.1 Å². The van der Waals surface area contributed by atoms with Crippen LogP contribution in [0.2, 0.25) is 0 Å². The van der Waals surface area contributed by atoms with Gasteiger partial charge < -0.3 is 9.47 Å². The first-order valence-electron chi connectivity index (χ1n) is 11.0. The smallest absolute Gasteiger partial charge is 0.214 e. The average Bonchev–Trinajstić information content (AvgIpc) is 3.45. The number of hydrogen-bond acceptors (Lipinski definition) is 8. The first-order chi connectivity index (χ1) is 16.3. The molecule has 1 heterocycles. The second-order valence-corrected chi connectivity index (χ2v) is 11.1. The van der Waals surface area contributed by atoms with Gasteiger partial charge in [0.2, 0.25) is 10.0 Å². The maximum atomic E-state index is 12.4. The van der Waals surface area contributed by atoms with Gasteiger partial charge in [-0.25, -0.2) is 13.1 Å². The molecule has 0 fully saturated rings. The fourth-order valence-corrected chi connectivity index (χ4v) is 6.08. The Morgan fingerprint density at radius 2 is 2.03 bits per heavy atom. The molecule has 1 aromatic heterocycles. The van der Waals surface area contributed by atoms with Gasteiger partial charge in [0, 0.05) is 24.3 Å². The average molecular weight is 499 g/mol. The van der Waals surface area contributed by atoms with Gasteiger partial charge in [-0.1, -0.05) is 29.5 Å². The van der Waals surface area contributed by atoms with Crippen LogP contribution in [0.1, 0.15) is 43.0 Å². The summed E-state index contributed by atoms with van der Waals surface area (Å²) >= 11 is 1.44. The summed E-state index contributed by atoms with van der Waals surface area (Å²) in [6, 6.07) is 13.2. The molecule has 0 saturated carbocycles. The summed E-state index contributed by atoms with van der Waals surface area (Å²) in [5, 5.41) is 19.8. The number of nitriles is 1. The van der Waals surface area contributed by atoms with Crippen molar-refractivity contribution in [3.05, 3.63) is 53.1 Å². The largest absolute Gasteiger partial charge is 0.490 e. The molecule has 0 spiro atoms. The summed E-state index contributed by atoms with van der Waals surface area (Å²) in [6.45, 7) is 3.99. The van der Waals surface area contributed by atoms with Crippen molar-refractivity contribution in [2.24, 2.45) is 0 Å². The zero-order valence-corrected chi connectivity index (χ0v) is 20.9. The summed E-state index contributed by atoms with van der Waals surface area (Å²) in [5.74, 6) is 0.478. The molecule has 178 valence electrons. The highest BCUT2D eigenvalue weighted by molar-refractivity contribution is 7.89. The van der Waals surface area contributed by atoms with Crippen LogP contribution in [0.3, 0.4) is 0 Å². The number of nitrogens with zero attached hydrogens (tertiary/aromatic N) is 3. The van der Waals surface area contributed by atoms with E-state index in [1.165, 1.54) is 18.4 Å². The van der Waals surface area contributed by atoms with Gasteiger partial charge in [0.15, 0.2) is 0 Å². The highest BCUT2D eigenvalue weighted by Gasteiger charge is 2.29. The maximum Gasteiger partial charge on any atom is 0.214 e. The Bertz CT molecular complexity index is 1330. The first kappa shape index (κ1) is 24.3. The van der Waals surface area contributed by atoms with Gasteiger partial charge in [0.25, 0.3) is 0 Å². The van der Waals surface area contributed by atoms with Gasteiger partial charge in [-0.15, -0.1) is 10.2 Å². The Hall–Kier alpha value is -2.84. The SMILES string of the molecule is COCCS(=O)(=O)N[C@@H]1CCc2c(-c3nnc(-c4ccc(OC(C)C)c(C#N)c4)s3)cccc21. The molecule has 0 saturated heterocycles. The molecule has 2 aromatic carbocycles. The molecular weight excluding hydrogens is 472 g/mol. The zero-order valence-electron chi connectivity index (χ0n) is 19.2. The van der Waals surface area contributed by atoms with Crippen molar-refractivity contribution in [3.8, 4) is 33.0 Å². The molecule has 1 aliphatic carbocycles. The van der Waals surface area contributed by atoms with Crippen LogP contribution in [0.25, 0.3) is 21.1 Å². The van der Waals surface area contributed by atoms with E-state index < -0.39 is 10.0 Å². The van der Waals surface area contributed by atoms with E-state index in [1.54, 1.807) is 12.1 Å². The number of benzene rings is 2. The van der Waals surface area contributed by atoms with Gasteiger partial charge in [-0.2, -0.15) is 5.26 Å². The molecule has 1 atom stereocenters. The summed E-state index contributed by atoms with van der Waals surface area (Å²) < 4.78 is 38.1. The lowest BCUT2D eigenvalue weighted by Crippen LogP contribution is -2.31. The van der Waals surface area contributed by atoms with Gasteiger partial charge >= 0.3 is 0 Å². The number of hydrogen-bond donors (Lipinski definition) is 1. The van der Waals surface area contributed by atoms with Crippen LogP contribution in [0.4, 0.5) is 0 Å². The lowest BCUT2D eigenvalue weighted by molar-refractivity contribution is 0.216. The Morgan fingerprint density at radius 1 is 1.24 bits per heavy atom. The molecule has 34 heavy (non-hydrogen) atoms. The molecule has 0 amide bonds. The van der Waals surface area contributed by atoms with Gasteiger partial charge in [-0.05, 0) is 56.0 Å². The van der Waals surface area contributed by atoms with Crippen LogP contribution < -0.4 is 9.46 Å². The van der Waals surface area contributed by atoms with E-state index in [0.717, 1.165) is 33.7 Å². The van der Waals surface area contributed by atoms with Crippen LogP contribution in [0.15, 0.2) is 36.4 Å². The number of ether oxygens (including phenoxy) is 2. The van der Waals surface area contributed by atoms with Gasteiger partial charge in [-0.3, -0.25) is 0 Å². The van der Waals surface area contributed by atoms with Gasteiger partial charge in [0.05, 0.1) is 24.0 Å². The highest BCUT2D eigenvalue weighted by Crippen LogP contribution is 2.40. The molecule has 0 radical (unpaired) electrons. The summed E-state index contributed by atoms with van der Waals surface area (Å²) in [5.41, 5.74) is 4.26. The zero-order chi connectivity index (χ0) is 24.3. The first-order valence-corrected chi connectivity index (χ1v) is 13.4. The fourth-order valence-electron chi connectivity index (χ4n) is 4.00. The molecular formula is C24H26N4O4S2. The molecule has 0 aliphatic heterocycles. The number of rotatable bonds is 9. The van der Waals surface area contributed by atoms with Crippen LogP contribution in [0, 0.1) is 11.3 Å². The third-order valence-electron chi connectivity index (χ3n) is 5.51. The number of fused-ring (bicyclic) bond motifs is 1. The van der Waals surface area contributed by atoms with Crippen LogP contribution in [-0.4, -0.2) is 44.2 Å². The monoisotopic (exact) mass is 498 g/mol. The number of sulfonamides is 1. The minimum atomic E-state index is -3.43. The number of nitrogens with one attached hydrogen (secondary N) is 1. The lowest BCUT2D eigenvalue weighted by atomic mass is 10.0. The Kier molecular flexibility index (Phi) is 7.28. The maximum absolute atomic E-state index is 12.4. The second-order valence-electron chi connectivity index (χ2n) is 8.30. The normalized spacial score (nSPS) is 15.3. The molecule has 0 unspecified atom stereocenters. The van der Waals surface area contributed by atoms with Crippen molar-refractivity contribution in [1.82, 2.24) is 14.9 Å². The second kappa shape index (κ2) is 10.2. The van der Waals surface area contributed by atoms with Crippen molar-refractivity contribution in [2.75, 3.05) is 19.5 Å². The topological polar surface area (TPSA) is 114 Å². The summed E-state index contributed by atoms with van der Waals surface area (Å²) in [7, 11) is -1.95. The molecule has 3 aromatic rings. The molecule has 0 bridgehead atoms. The van der Waals surface area contributed by atoms with E-state index in [4.69, 9.17) is 9.47 Å². The molecule has 1 N–H and O–H groups in total. The predicted molar refractivity (Wildman–Crippen MR) is 131 cm³/mol. The molecule has 8 nitrogen and oxygen atoms in total. The predicted octanol–water partition coefficient (Wildman–Crippen LogP) is 4.08. The summed E-state index contributed by atoms with van der Waals surface area (Å²) in [4.78, 5) is 0. The van der Waals surface area contributed by atoms with E-state index in [9.17, 15) is 13.7 Å².